The molecule has 2 N–H and O–H groups in total. The van der Waals surface area contributed by atoms with Gasteiger partial charge in [-0.3, -0.25) is 4.79 Å². The summed E-state index contributed by atoms with van der Waals surface area (Å²) < 4.78 is 0. The van der Waals surface area contributed by atoms with E-state index in [1.54, 1.807) is 24.4 Å². The molecule has 1 aromatic carbocycles. The molecular weight excluding hydrogens is 336 g/mol. The molecule has 0 bridgehead atoms. The molecule has 130 valence electrons. The summed E-state index contributed by atoms with van der Waals surface area (Å²) in [6, 6.07) is 8.68. The minimum atomic E-state index is -0.312. The van der Waals surface area contributed by atoms with E-state index in [-0.39, 0.29) is 5.91 Å². The number of para-hydroxylation sites is 1. The Hall–Kier alpha value is -2.40. The smallest absolute Gasteiger partial charge is 0.274 e. The number of hydrogen-bond acceptors (Lipinski definition) is 4. The van der Waals surface area contributed by atoms with Crippen molar-refractivity contribution in [2.45, 2.75) is 32.1 Å². The van der Waals surface area contributed by atoms with Gasteiger partial charge in [0.1, 0.15) is 5.69 Å². The summed E-state index contributed by atoms with van der Waals surface area (Å²) in [6.45, 7) is 0.765. The zero-order valence-corrected chi connectivity index (χ0v) is 14.7. The molecule has 3 rings (SSSR count). The Labute approximate surface area is 152 Å². The van der Waals surface area contributed by atoms with Gasteiger partial charge >= 0.3 is 0 Å². The highest BCUT2D eigenvalue weighted by molar-refractivity contribution is 6.33. The van der Waals surface area contributed by atoms with Crippen molar-refractivity contribution >= 4 is 29.1 Å². The van der Waals surface area contributed by atoms with Crippen LogP contribution in [0.4, 0.5) is 11.6 Å². The van der Waals surface area contributed by atoms with E-state index >= 15 is 0 Å². The Bertz CT molecular complexity index is 776. The normalized spacial score (nSPS) is 13.9. The fraction of sp³-hybridized carbons (Fsp3) is 0.316. The van der Waals surface area contributed by atoms with Crippen molar-refractivity contribution in [1.29, 1.82) is 0 Å². The van der Waals surface area contributed by atoms with Crippen LogP contribution in [0, 0.1) is 0 Å². The van der Waals surface area contributed by atoms with E-state index in [4.69, 9.17) is 11.6 Å². The Kier molecular flexibility index (Phi) is 6.01. The molecular formula is C19H21ClN4O. The Morgan fingerprint density at radius 1 is 1.20 bits per heavy atom. The van der Waals surface area contributed by atoms with Gasteiger partial charge in [-0.1, -0.05) is 35.4 Å². The largest absolute Gasteiger partial charge is 0.354 e. The van der Waals surface area contributed by atoms with Gasteiger partial charge in [0.15, 0.2) is 0 Å². The molecule has 0 saturated carbocycles. The minimum absolute atomic E-state index is 0.300. The molecule has 1 amide bonds. The second-order valence-electron chi connectivity index (χ2n) is 5.98. The van der Waals surface area contributed by atoms with Crippen LogP contribution < -0.4 is 10.6 Å². The lowest BCUT2D eigenvalue weighted by Crippen LogP contribution is -2.16. The predicted molar refractivity (Wildman–Crippen MR) is 101 cm³/mol. The van der Waals surface area contributed by atoms with Gasteiger partial charge in [-0.2, -0.15) is 0 Å². The van der Waals surface area contributed by atoms with Crippen molar-refractivity contribution in [2.24, 2.45) is 0 Å². The molecule has 0 radical (unpaired) electrons. The van der Waals surface area contributed by atoms with Gasteiger partial charge < -0.3 is 10.6 Å². The number of carbonyl (C=O) groups is 1. The molecule has 1 aromatic heterocycles. The average Bonchev–Trinajstić information content (AvgIpc) is 2.65. The Morgan fingerprint density at radius 3 is 2.88 bits per heavy atom. The van der Waals surface area contributed by atoms with Crippen LogP contribution in [0.5, 0.6) is 0 Å². The molecule has 0 saturated heterocycles. The van der Waals surface area contributed by atoms with Crippen molar-refractivity contribution < 1.29 is 4.79 Å². The van der Waals surface area contributed by atoms with Crippen LogP contribution in [0.25, 0.3) is 0 Å². The summed E-state index contributed by atoms with van der Waals surface area (Å²) in [6.07, 6.45) is 9.84. The number of carbonyl (C=O) groups excluding carboxylic acids is 1. The fourth-order valence-corrected chi connectivity index (χ4v) is 2.97. The molecule has 0 unspecified atom stereocenters. The van der Waals surface area contributed by atoms with Crippen molar-refractivity contribution in [3.8, 4) is 0 Å². The molecule has 0 spiro atoms. The topological polar surface area (TPSA) is 66.9 Å². The highest BCUT2D eigenvalue weighted by Gasteiger charge is 2.11. The highest BCUT2D eigenvalue weighted by Crippen LogP contribution is 2.21. The van der Waals surface area contributed by atoms with Crippen LogP contribution >= 0.6 is 11.6 Å². The molecule has 0 fully saturated rings. The summed E-state index contributed by atoms with van der Waals surface area (Å²) in [7, 11) is 0. The van der Waals surface area contributed by atoms with Gasteiger partial charge in [-0.15, -0.1) is 0 Å². The van der Waals surface area contributed by atoms with E-state index in [1.165, 1.54) is 31.3 Å². The number of halogens is 1. The van der Waals surface area contributed by atoms with E-state index in [2.05, 4.69) is 26.7 Å². The first kappa shape index (κ1) is 17.4. The van der Waals surface area contributed by atoms with Crippen LogP contribution in [0.15, 0.2) is 48.2 Å². The molecule has 6 heteroatoms. The first-order chi connectivity index (χ1) is 12.2. The maximum absolute atomic E-state index is 12.3. The molecule has 1 aliphatic carbocycles. The van der Waals surface area contributed by atoms with Crippen LogP contribution in [0.3, 0.4) is 0 Å². The number of anilines is 2. The summed E-state index contributed by atoms with van der Waals surface area (Å²) in [5.41, 5.74) is 2.35. The molecule has 2 aromatic rings. The van der Waals surface area contributed by atoms with Crippen molar-refractivity contribution in [1.82, 2.24) is 9.97 Å². The fourth-order valence-electron chi connectivity index (χ4n) is 2.79. The number of hydrogen-bond donors (Lipinski definition) is 2. The van der Waals surface area contributed by atoms with Gasteiger partial charge in [0.25, 0.3) is 5.91 Å². The number of aromatic nitrogens is 2. The first-order valence-electron chi connectivity index (χ1n) is 8.53. The first-order valence-corrected chi connectivity index (χ1v) is 8.91. The third-order valence-corrected chi connectivity index (χ3v) is 4.45. The quantitative estimate of drug-likeness (QED) is 0.737. The lowest BCUT2D eigenvalue weighted by molar-refractivity contribution is 0.102. The second kappa shape index (κ2) is 8.62. The summed E-state index contributed by atoms with van der Waals surface area (Å²) in [5.74, 6) is 0.150. The molecule has 0 aliphatic heterocycles. The summed E-state index contributed by atoms with van der Waals surface area (Å²) >= 11 is 6.06. The maximum Gasteiger partial charge on any atom is 0.274 e. The summed E-state index contributed by atoms with van der Waals surface area (Å²) in [4.78, 5) is 20.8. The molecule has 1 heterocycles. The number of allylic oxidation sites excluding steroid dienone is 1. The van der Waals surface area contributed by atoms with Crippen molar-refractivity contribution in [3.63, 3.8) is 0 Å². The summed E-state index contributed by atoms with van der Waals surface area (Å²) in [5, 5.41) is 6.45. The standard InChI is InChI=1S/C19H21ClN4O/c20-15-8-4-5-9-16(15)23-18(25)17-11-13-22-19(24-17)21-12-10-14-6-2-1-3-7-14/h4-6,8-9,11,13H,1-3,7,10,12H2,(H,23,25)(H,21,22,24). The van der Waals surface area contributed by atoms with E-state index < -0.39 is 0 Å². The van der Waals surface area contributed by atoms with Gasteiger partial charge in [0.2, 0.25) is 5.95 Å². The number of nitrogens with one attached hydrogen (secondary N) is 2. The van der Waals surface area contributed by atoms with E-state index in [0.29, 0.717) is 22.4 Å². The number of nitrogens with zero attached hydrogens (tertiary/aromatic N) is 2. The predicted octanol–water partition coefficient (Wildman–Crippen LogP) is 4.68. The van der Waals surface area contributed by atoms with E-state index in [0.717, 1.165) is 13.0 Å². The zero-order chi connectivity index (χ0) is 17.5. The second-order valence-corrected chi connectivity index (χ2v) is 6.39. The van der Waals surface area contributed by atoms with Crippen LogP contribution in [-0.2, 0) is 0 Å². The molecule has 1 aliphatic rings. The van der Waals surface area contributed by atoms with Crippen molar-refractivity contribution in [2.75, 3.05) is 17.2 Å². The lowest BCUT2D eigenvalue weighted by Gasteiger charge is -2.13. The van der Waals surface area contributed by atoms with Crippen LogP contribution in [0.2, 0.25) is 5.02 Å². The average molecular weight is 357 g/mol. The maximum atomic E-state index is 12.3. The Balaban J connectivity index is 1.58. The van der Waals surface area contributed by atoms with E-state index in [1.807, 2.05) is 12.1 Å². The van der Waals surface area contributed by atoms with Crippen LogP contribution in [-0.4, -0.2) is 22.4 Å². The lowest BCUT2D eigenvalue weighted by atomic mass is 9.97. The van der Waals surface area contributed by atoms with Gasteiger partial charge in [0.05, 0.1) is 10.7 Å². The van der Waals surface area contributed by atoms with Crippen molar-refractivity contribution in [3.05, 3.63) is 58.9 Å². The van der Waals surface area contributed by atoms with Gasteiger partial charge in [0, 0.05) is 12.7 Å². The molecule has 25 heavy (non-hydrogen) atoms. The number of benzene rings is 1. The molecule has 5 nitrogen and oxygen atoms in total. The monoisotopic (exact) mass is 356 g/mol. The van der Waals surface area contributed by atoms with E-state index in [9.17, 15) is 4.79 Å². The Morgan fingerprint density at radius 2 is 2.08 bits per heavy atom. The number of amides is 1. The zero-order valence-electron chi connectivity index (χ0n) is 14.0. The molecule has 0 atom stereocenters. The minimum Gasteiger partial charge on any atom is -0.354 e. The SMILES string of the molecule is O=C(Nc1ccccc1Cl)c1ccnc(NCCC2=CCCCC2)n1. The number of rotatable bonds is 6. The third-order valence-electron chi connectivity index (χ3n) is 4.12. The third kappa shape index (κ3) is 5.03. The highest BCUT2D eigenvalue weighted by atomic mass is 35.5. The van der Waals surface area contributed by atoms with Gasteiger partial charge in [-0.05, 0) is 50.3 Å². The van der Waals surface area contributed by atoms with Crippen LogP contribution in [0.1, 0.15) is 42.6 Å². The van der Waals surface area contributed by atoms with Gasteiger partial charge in [-0.25, -0.2) is 9.97 Å².